The summed E-state index contributed by atoms with van der Waals surface area (Å²) in [6.45, 7) is -0.335. The van der Waals surface area contributed by atoms with Crippen molar-refractivity contribution >= 4 is 11.6 Å². The third-order valence-corrected chi connectivity index (χ3v) is 2.61. The van der Waals surface area contributed by atoms with E-state index in [-0.39, 0.29) is 11.5 Å². The standard InChI is InChI=1S/C12H12N4O3/c13-12-11(10(17)7-16(18)19)14-8-15(12)6-9-4-2-1-3-5-9/h1-5,8H,6-7,13H2. The maximum Gasteiger partial charge on any atom is 0.267 e. The van der Waals surface area contributed by atoms with Crippen LogP contribution in [0.5, 0.6) is 0 Å². The summed E-state index contributed by atoms with van der Waals surface area (Å²) in [5.41, 5.74) is 6.74. The molecule has 1 aromatic heterocycles. The lowest BCUT2D eigenvalue weighted by Gasteiger charge is -2.05. The fraction of sp³-hybridized carbons (Fsp3) is 0.167. The van der Waals surface area contributed by atoms with Gasteiger partial charge in [0.25, 0.3) is 12.3 Å². The van der Waals surface area contributed by atoms with Crippen LogP contribution in [0.1, 0.15) is 16.1 Å². The Bertz CT molecular complexity index is 607. The Hall–Kier alpha value is -2.70. The number of aromatic nitrogens is 2. The minimum absolute atomic E-state index is 0.0485. The van der Waals surface area contributed by atoms with Crippen LogP contribution in [-0.2, 0) is 6.54 Å². The number of nitrogen functional groups attached to an aromatic ring is 1. The largest absolute Gasteiger partial charge is 0.383 e. The van der Waals surface area contributed by atoms with Crippen LogP contribution in [-0.4, -0.2) is 26.8 Å². The molecule has 98 valence electrons. The van der Waals surface area contributed by atoms with Crippen LogP contribution in [0.4, 0.5) is 5.82 Å². The molecule has 2 rings (SSSR count). The predicted molar refractivity (Wildman–Crippen MR) is 68.4 cm³/mol. The molecule has 0 saturated heterocycles. The second kappa shape index (κ2) is 5.30. The zero-order chi connectivity index (χ0) is 13.8. The average molecular weight is 260 g/mol. The van der Waals surface area contributed by atoms with E-state index in [0.717, 1.165) is 5.56 Å². The van der Waals surface area contributed by atoms with Crippen molar-refractivity contribution in [2.45, 2.75) is 6.54 Å². The minimum atomic E-state index is -0.799. The second-order valence-electron chi connectivity index (χ2n) is 4.01. The highest BCUT2D eigenvalue weighted by Gasteiger charge is 2.20. The van der Waals surface area contributed by atoms with Crippen molar-refractivity contribution in [2.75, 3.05) is 12.3 Å². The number of ketones is 1. The molecule has 1 aromatic carbocycles. The molecule has 0 amide bonds. The fourth-order valence-electron chi connectivity index (χ4n) is 1.70. The summed E-state index contributed by atoms with van der Waals surface area (Å²) < 4.78 is 1.59. The van der Waals surface area contributed by atoms with E-state index in [9.17, 15) is 14.9 Å². The number of hydrogen-bond acceptors (Lipinski definition) is 5. The topological polar surface area (TPSA) is 104 Å². The van der Waals surface area contributed by atoms with Gasteiger partial charge in [-0.15, -0.1) is 0 Å². The van der Waals surface area contributed by atoms with Crippen LogP contribution in [0.25, 0.3) is 0 Å². The lowest BCUT2D eigenvalue weighted by molar-refractivity contribution is -0.465. The van der Waals surface area contributed by atoms with Gasteiger partial charge in [0.05, 0.1) is 12.9 Å². The van der Waals surface area contributed by atoms with Crippen molar-refractivity contribution in [1.29, 1.82) is 0 Å². The van der Waals surface area contributed by atoms with Gasteiger partial charge in [-0.3, -0.25) is 14.9 Å². The lowest BCUT2D eigenvalue weighted by Crippen LogP contribution is -2.16. The summed E-state index contributed by atoms with van der Waals surface area (Å²) in [4.78, 5) is 25.0. The number of nitrogens with two attached hydrogens (primary N) is 1. The molecule has 0 aliphatic rings. The summed E-state index contributed by atoms with van der Waals surface area (Å²) >= 11 is 0. The normalized spacial score (nSPS) is 10.3. The number of Topliss-reactive ketones (excluding diaryl/α,β-unsaturated/α-hetero) is 1. The molecule has 1 heterocycles. The van der Waals surface area contributed by atoms with Crippen LogP contribution in [0.2, 0.25) is 0 Å². The predicted octanol–water partition coefficient (Wildman–Crippen LogP) is 0.973. The molecule has 19 heavy (non-hydrogen) atoms. The molecule has 7 heteroatoms. The maximum atomic E-state index is 11.5. The van der Waals surface area contributed by atoms with Gasteiger partial charge < -0.3 is 10.3 Å². The molecule has 0 fully saturated rings. The Morgan fingerprint density at radius 1 is 1.37 bits per heavy atom. The number of anilines is 1. The van der Waals surface area contributed by atoms with Crippen molar-refractivity contribution < 1.29 is 9.72 Å². The van der Waals surface area contributed by atoms with Gasteiger partial charge in [0.2, 0.25) is 0 Å². The van der Waals surface area contributed by atoms with E-state index < -0.39 is 17.3 Å². The van der Waals surface area contributed by atoms with Crippen molar-refractivity contribution in [3.63, 3.8) is 0 Å². The molecular weight excluding hydrogens is 248 g/mol. The molecule has 7 nitrogen and oxygen atoms in total. The number of benzene rings is 1. The number of nitrogens with zero attached hydrogens (tertiary/aromatic N) is 3. The molecule has 0 saturated carbocycles. The van der Waals surface area contributed by atoms with E-state index in [2.05, 4.69) is 4.98 Å². The van der Waals surface area contributed by atoms with Gasteiger partial charge >= 0.3 is 0 Å². The van der Waals surface area contributed by atoms with Gasteiger partial charge in [-0.25, -0.2) is 4.98 Å². The molecule has 0 unspecified atom stereocenters. The van der Waals surface area contributed by atoms with Crippen molar-refractivity contribution in [1.82, 2.24) is 9.55 Å². The lowest BCUT2D eigenvalue weighted by atomic mass is 10.2. The number of hydrogen-bond donors (Lipinski definition) is 1. The number of carbonyl (C=O) groups is 1. The Labute approximate surface area is 108 Å². The van der Waals surface area contributed by atoms with E-state index in [1.54, 1.807) is 4.57 Å². The first kappa shape index (κ1) is 12.7. The summed E-state index contributed by atoms with van der Waals surface area (Å²) in [6.07, 6.45) is 1.41. The Balaban J connectivity index is 2.19. The van der Waals surface area contributed by atoms with Crippen molar-refractivity contribution in [3.05, 3.63) is 58.0 Å². The van der Waals surface area contributed by atoms with Gasteiger partial charge in [0, 0.05) is 4.92 Å². The number of carbonyl (C=O) groups excluding carboxylic acids is 1. The molecule has 0 aliphatic heterocycles. The van der Waals surface area contributed by atoms with Crippen molar-refractivity contribution in [2.24, 2.45) is 0 Å². The van der Waals surface area contributed by atoms with E-state index >= 15 is 0 Å². The molecule has 2 N–H and O–H groups in total. The highest BCUT2D eigenvalue weighted by molar-refractivity contribution is 5.99. The number of nitro groups is 1. The van der Waals surface area contributed by atoms with Crippen LogP contribution in [0.15, 0.2) is 36.7 Å². The quantitative estimate of drug-likeness (QED) is 0.490. The molecule has 0 radical (unpaired) electrons. The zero-order valence-corrected chi connectivity index (χ0v) is 10.0. The van der Waals surface area contributed by atoms with Gasteiger partial charge in [0.1, 0.15) is 5.82 Å². The molecule has 0 atom stereocenters. The average Bonchev–Trinajstić information content (AvgIpc) is 2.72. The first-order valence-electron chi connectivity index (χ1n) is 5.57. The summed E-state index contributed by atoms with van der Waals surface area (Å²) in [6, 6.07) is 9.51. The van der Waals surface area contributed by atoms with E-state index in [1.165, 1.54) is 6.33 Å². The van der Waals surface area contributed by atoms with Crippen LogP contribution >= 0.6 is 0 Å². The molecular formula is C12H12N4O3. The number of imidazole rings is 1. The minimum Gasteiger partial charge on any atom is -0.383 e. The third-order valence-electron chi connectivity index (χ3n) is 2.61. The smallest absolute Gasteiger partial charge is 0.267 e. The van der Waals surface area contributed by atoms with Crippen LogP contribution in [0, 0.1) is 10.1 Å². The van der Waals surface area contributed by atoms with E-state index in [0.29, 0.717) is 6.54 Å². The second-order valence-corrected chi connectivity index (χ2v) is 4.01. The van der Waals surface area contributed by atoms with E-state index in [4.69, 9.17) is 5.73 Å². The SMILES string of the molecule is Nc1c(C(=O)C[N+](=O)[O-])ncn1Cc1ccccc1. The van der Waals surface area contributed by atoms with Gasteiger partial charge in [-0.1, -0.05) is 30.3 Å². The third kappa shape index (κ3) is 2.95. The Morgan fingerprint density at radius 2 is 2.05 bits per heavy atom. The molecule has 2 aromatic rings. The van der Waals surface area contributed by atoms with Crippen LogP contribution < -0.4 is 5.73 Å². The Morgan fingerprint density at radius 3 is 2.68 bits per heavy atom. The highest BCUT2D eigenvalue weighted by atomic mass is 16.6. The number of rotatable bonds is 5. The molecule has 0 aliphatic carbocycles. The highest BCUT2D eigenvalue weighted by Crippen LogP contribution is 2.13. The van der Waals surface area contributed by atoms with Crippen LogP contribution in [0.3, 0.4) is 0 Å². The first-order valence-corrected chi connectivity index (χ1v) is 5.57. The van der Waals surface area contributed by atoms with E-state index in [1.807, 2.05) is 30.3 Å². The van der Waals surface area contributed by atoms with Crippen molar-refractivity contribution in [3.8, 4) is 0 Å². The fourth-order valence-corrected chi connectivity index (χ4v) is 1.70. The summed E-state index contributed by atoms with van der Waals surface area (Å²) in [5.74, 6) is -0.537. The zero-order valence-electron chi connectivity index (χ0n) is 10.0. The molecule has 0 spiro atoms. The van der Waals surface area contributed by atoms with Gasteiger partial charge in [0.15, 0.2) is 5.69 Å². The Kier molecular flexibility index (Phi) is 3.56. The maximum absolute atomic E-state index is 11.5. The van der Waals surface area contributed by atoms with Gasteiger partial charge in [-0.2, -0.15) is 0 Å². The van der Waals surface area contributed by atoms with Gasteiger partial charge in [-0.05, 0) is 5.56 Å². The monoisotopic (exact) mass is 260 g/mol. The first-order chi connectivity index (χ1) is 9.08. The molecule has 0 bridgehead atoms. The summed E-state index contributed by atoms with van der Waals surface area (Å²) in [5, 5.41) is 10.3. The summed E-state index contributed by atoms with van der Waals surface area (Å²) in [7, 11) is 0.